The van der Waals surface area contributed by atoms with Gasteiger partial charge in [-0.3, -0.25) is 4.72 Å². The molecule has 1 aliphatic rings. The predicted molar refractivity (Wildman–Crippen MR) is 144 cm³/mol. The average Bonchev–Trinajstić information content (AvgIpc) is 2.88. The molecule has 0 bridgehead atoms. The van der Waals surface area contributed by atoms with Crippen LogP contribution < -0.4 is 19.7 Å². The lowest BCUT2D eigenvalue weighted by atomic mass is 10.1. The molecule has 182 valence electrons. The van der Waals surface area contributed by atoms with Crippen molar-refractivity contribution in [3.63, 3.8) is 0 Å². The molecule has 0 unspecified atom stereocenters. The molecule has 0 aromatic heterocycles. The van der Waals surface area contributed by atoms with Crippen molar-refractivity contribution >= 4 is 44.6 Å². The molecule has 0 atom stereocenters. The molecular formula is C27H28ClN3O3S. The van der Waals surface area contributed by atoms with Crippen LogP contribution in [0.2, 0.25) is 0 Å². The summed E-state index contributed by atoms with van der Waals surface area (Å²) in [7, 11) is -3.81. The molecule has 0 amide bonds. The van der Waals surface area contributed by atoms with Gasteiger partial charge in [0.25, 0.3) is 10.0 Å². The van der Waals surface area contributed by atoms with Crippen LogP contribution in [0.4, 0.5) is 11.4 Å². The van der Waals surface area contributed by atoms with Crippen molar-refractivity contribution in [2.75, 3.05) is 35.8 Å². The first-order chi connectivity index (χ1) is 16.6. The molecule has 8 heteroatoms. The molecule has 6 nitrogen and oxygen atoms in total. The number of anilines is 2. The maximum Gasteiger partial charge on any atom is 0.262 e. The number of nitrogens with one attached hydrogen (secondary N) is 2. The Morgan fingerprint density at radius 1 is 0.829 bits per heavy atom. The van der Waals surface area contributed by atoms with Crippen LogP contribution in [-0.2, 0) is 16.6 Å². The van der Waals surface area contributed by atoms with E-state index in [0.717, 1.165) is 42.8 Å². The van der Waals surface area contributed by atoms with Gasteiger partial charge in [0.1, 0.15) is 12.4 Å². The van der Waals surface area contributed by atoms with Gasteiger partial charge >= 0.3 is 0 Å². The van der Waals surface area contributed by atoms with Crippen LogP contribution in [0, 0.1) is 0 Å². The fraction of sp³-hybridized carbons (Fsp3) is 0.185. The van der Waals surface area contributed by atoms with Gasteiger partial charge in [-0.1, -0.05) is 60.7 Å². The second-order valence-corrected chi connectivity index (χ2v) is 9.92. The summed E-state index contributed by atoms with van der Waals surface area (Å²) in [6.45, 7) is 4.03. The Kier molecular flexibility index (Phi) is 7.80. The average molecular weight is 510 g/mol. The third-order valence-electron chi connectivity index (χ3n) is 5.94. The Morgan fingerprint density at radius 3 is 2.31 bits per heavy atom. The molecule has 1 aliphatic heterocycles. The van der Waals surface area contributed by atoms with E-state index in [2.05, 4.69) is 14.9 Å². The first-order valence-electron chi connectivity index (χ1n) is 11.4. The first-order valence-corrected chi connectivity index (χ1v) is 12.9. The third kappa shape index (κ3) is 5.70. The molecule has 5 rings (SSSR count). The Morgan fingerprint density at radius 2 is 1.54 bits per heavy atom. The minimum Gasteiger partial charge on any atom is -0.489 e. The molecule has 1 saturated heterocycles. The standard InChI is InChI=1S/C27H27N3O3S.ClH/c31-34(32,29-22-9-6-10-23(19-22)33-20-21-7-2-1-3-8-21)27-14-13-26(30-17-15-28-16-18-30)24-11-4-5-12-25(24)27;/h1-14,19,28-29H,15-18,20H2;1H. The minimum atomic E-state index is -3.81. The summed E-state index contributed by atoms with van der Waals surface area (Å²) < 4.78 is 35.4. The second-order valence-electron chi connectivity index (χ2n) is 8.27. The monoisotopic (exact) mass is 509 g/mol. The largest absolute Gasteiger partial charge is 0.489 e. The van der Waals surface area contributed by atoms with E-state index in [1.165, 1.54) is 0 Å². The van der Waals surface area contributed by atoms with Gasteiger partial charge in [-0.05, 0) is 29.8 Å². The molecule has 1 heterocycles. The predicted octanol–water partition coefficient (Wildman–Crippen LogP) is 5.05. The van der Waals surface area contributed by atoms with E-state index >= 15 is 0 Å². The Bertz CT molecular complexity index is 1390. The lowest BCUT2D eigenvalue weighted by Crippen LogP contribution is -2.43. The van der Waals surface area contributed by atoms with E-state index in [0.29, 0.717) is 23.4 Å². The van der Waals surface area contributed by atoms with Gasteiger partial charge in [0.2, 0.25) is 0 Å². The zero-order valence-corrected chi connectivity index (χ0v) is 20.8. The van der Waals surface area contributed by atoms with Crippen molar-refractivity contribution in [2.45, 2.75) is 11.5 Å². The number of hydrogen-bond donors (Lipinski definition) is 2. The number of halogens is 1. The molecule has 4 aromatic carbocycles. The molecule has 4 aromatic rings. The van der Waals surface area contributed by atoms with Gasteiger partial charge in [0, 0.05) is 48.7 Å². The molecule has 2 N–H and O–H groups in total. The first kappa shape index (κ1) is 24.9. The van der Waals surface area contributed by atoms with E-state index in [9.17, 15) is 8.42 Å². The zero-order chi connectivity index (χ0) is 23.4. The van der Waals surface area contributed by atoms with Crippen molar-refractivity contribution in [3.05, 3.63) is 96.6 Å². The second kappa shape index (κ2) is 11.0. The van der Waals surface area contributed by atoms with Gasteiger partial charge in [-0.2, -0.15) is 0 Å². The Hall–Kier alpha value is -3.26. The number of rotatable bonds is 7. The highest BCUT2D eigenvalue weighted by Crippen LogP contribution is 2.33. The summed E-state index contributed by atoms with van der Waals surface area (Å²) in [5, 5.41) is 5.01. The molecular weight excluding hydrogens is 482 g/mol. The Balaban J connectivity index is 0.00000289. The quantitative estimate of drug-likeness (QED) is 0.365. The summed E-state index contributed by atoms with van der Waals surface area (Å²) in [6.07, 6.45) is 0. The third-order valence-corrected chi connectivity index (χ3v) is 7.38. The van der Waals surface area contributed by atoms with E-state index in [1.807, 2.05) is 66.7 Å². The van der Waals surface area contributed by atoms with Crippen LogP contribution in [-0.4, -0.2) is 34.6 Å². The summed E-state index contributed by atoms with van der Waals surface area (Å²) in [5.74, 6) is 0.600. The topological polar surface area (TPSA) is 70.7 Å². The number of sulfonamides is 1. The summed E-state index contributed by atoms with van der Waals surface area (Å²) in [4.78, 5) is 2.56. The number of benzene rings is 4. The lowest BCUT2D eigenvalue weighted by Gasteiger charge is -2.30. The van der Waals surface area contributed by atoms with Crippen LogP contribution in [0.5, 0.6) is 5.75 Å². The highest BCUT2D eigenvalue weighted by molar-refractivity contribution is 7.93. The summed E-state index contributed by atoms with van der Waals surface area (Å²) in [5.41, 5.74) is 2.57. The van der Waals surface area contributed by atoms with Crippen LogP contribution in [0.15, 0.2) is 95.9 Å². The normalized spacial score (nSPS) is 13.8. The van der Waals surface area contributed by atoms with Gasteiger partial charge in [-0.25, -0.2) is 8.42 Å². The van der Waals surface area contributed by atoms with Crippen molar-refractivity contribution < 1.29 is 13.2 Å². The van der Waals surface area contributed by atoms with Crippen LogP contribution >= 0.6 is 12.4 Å². The number of ether oxygens (including phenoxy) is 1. The maximum atomic E-state index is 13.4. The number of nitrogens with zero attached hydrogens (tertiary/aromatic N) is 1. The number of fused-ring (bicyclic) bond motifs is 1. The van der Waals surface area contributed by atoms with E-state index < -0.39 is 10.0 Å². The van der Waals surface area contributed by atoms with Crippen LogP contribution in [0.3, 0.4) is 0 Å². The molecule has 0 radical (unpaired) electrons. The van der Waals surface area contributed by atoms with Crippen molar-refractivity contribution in [1.29, 1.82) is 0 Å². The van der Waals surface area contributed by atoms with Crippen molar-refractivity contribution in [3.8, 4) is 5.75 Å². The van der Waals surface area contributed by atoms with Gasteiger partial charge in [0.15, 0.2) is 0 Å². The number of piperazine rings is 1. The summed E-state index contributed by atoms with van der Waals surface area (Å²) in [6, 6.07) is 28.2. The van der Waals surface area contributed by atoms with E-state index in [1.54, 1.807) is 24.3 Å². The lowest BCUT2D eigenvalue weighted by molar-refractivity contribution is 0.306. The minimum absolute atomic E-state index is 0. The fourth-order valence-electron chi connectivity index (χ4n) is 4.27. The van der Waals surface area contributed by atoms with Crippen LogP contribution in [0.1, 0.15) is 5.56 Å². The van der Waals surface area contributed by atoms with Crippen molar-refractivity contribution in [2.24, 2.45) is 0 Å². The van der Waals surface area contributed by atoms with Gasteiger partial charge in [0.05, 0.1) is 10.6 Å². The molecule has 0 spiro atoms. The molecule has 0 saturated carbocycles. The smallest absolute Gasteiger partial charge is 0.262 e. The maximum absolute atomic E-state index is 13.4. The highest BCUT2D eigenvalue weighted by atomic mass is 35.5. The molecule has 35 heavy (non-hydrogen) atoms. The molecule has 0 aliphatic carbocycles. The Labute approximate surface area is 212 Å². The van der Waals surface area contributed by atoms with E-state index in [-0.39, 0.29) is 17.3 Å². The van der Waals surface area contributed by atoms with Crippen molar-refractivity contribution in [1.82, 2.24) is 5.32 Å². The number of hydrogen-bond acceptors (Lipinski definition) is 5. The molecule has 1 fully saturated rings. The fourth-order valence-corrected chi connectivity index (χ4v) is 5.53. The van der Waals surface area contributed by atoms with Crippen LogP contribution in [0.25, 0.3) is 10.8 Å². The van der Waals surface area contributed by atoms with Gasteiger partial charge < -0.3 is 15.0 Å². The zero-order valence-electron chi connectivity index (χ0n) is 19.2. The summed E-state index contributed by atoms with van der Waals surface area (Å²) >= 11 is 0. The SMILES string of the molecule is Cl.O=S(=O)(Nc1cccc(OCc2ccccc2)c1)c1ccc(N2CCNCC2)c2ccccc12. The van der Waals surface area contributed by atoms with E-state index in [4.69, 9.17) is 4.74 Å². The van der Waals surface area contributed by atoms with Gasteiger partial charge in [-0.15, -0.1) is 12.4 Å². The highest BCUT2D eigenvalue weighted by Gasteiger charge is 2.21.